The van der Waals surface area contributed by atoms with E-state index in [-0.39, 0.29) is 5.91 Å². The van der Waals surface area contributed by atoms with Gasteiger partial charge in [0.25, 0.3) is 5.91 Å². The van der Waals surface area contributed by atoms with Crippen LogP contribution in [0.1, 0.15) is 54.0 Å². The lowest BCUT2D eigenvalue weighted by Crippen LogP contribution is -2.35. The smallest absolute Gasteiger partial charge is 0.407 e. The third kappa shape index (κ3) is 5.12. The van der Waals surface area contributed by atoms with Crippen LogP contribution in [0.4, 0.5) is 4.79 Å². The lowest BCUT2D eigenvalue weighted by Gasteiger charge is -2.12. The Labute approximate surface area is 160 Å². The summed E-state index contributed by atoms with van der Waals surface area (Å²) in [4.78, 5) is 23.7. The normalized spacial score (nSPS) is 10.7. The first-order valence-corrected chi connectivity index (χ1v) is 9.33. The Bertz CT molecular complexity index is 792. The Hall–Kier alpha value is -2.76. The van der Waals surface area contributed by atoms with Crippen LogP contribution < -0.4 is 10.6 Å². The van der Waals surface area contributed by atoms with Gasteiger partial charge in [-0.25, -0.2) is 4.79 Å². The number of carbonyl (C=O) groups excluding carboxylic acids is 2. The minimum Gasteiger partial charge on any atom is -0.450 e. The second kappa shape index (κ2) is 9.26. The number of carbonyl (C=O) groups is 2. The molecule has 6 nitrogen and oxygen atoms in total. The minimum absolute atomic E-state index is 0.154. The van der Waals surface area contributed by atoms with E-state index in [2.05, 4.69) is 53.3 Å². The average Bonchev–Trinajstić information content (AvgIpc) is 2.93. The SMILES string of the molecule is CCOC(=O)NCCNC(=O)c1cc(C)n(-c2ccc(C(C)C)cc2)c1C. The van der Waals surface area contributed by atoms with E-state index < -0.39 is 6.09 Å². The van der Waals surface area contributed by atoms with E-state index in [0.29, 0.717) is 31.2 Å². The number of rotatable bonds is 7. The molecule has 0 saturated carbocycles. The third-order valence-electron chi connectivity index (χ3n) is 4.45. The largest absolute Gasteiger partial charge is 0.450 e. The lowest BCUT2D eigenvalue weighted by molar-refractivity contribution is 0.0951. The summed E-state index contributed by atoms with van der Waals surface area (Å²) in [5.74, 6) is 0.328. The van der Waals surface area contributed by atoms with E-state index in [1.165, 1.54) is 5.56 Å². The highest BCUT2D eigenvalue weighted by molar-refractivity contribution is 5.96. The molecule has 0 aliphatic carbocycles. The number of amides is 2. The number of aromatic nitrogens is 1. The van der Waals surface area contributed by atoms with Crippen LogP contribution in [0.15, 0.2) is 30.3 Å². The van der Waals surface area contributed by atoms with Gasteiger partial charge < -0.3 is 19.9 Å². The molecule has 0 unspecified atom stereocenters. The van der Waals surface area contributed by atoms with Crippen molar-refractivity contribution in [1.82, 2.24) is 15.2 Å². The first-order valence-electron chi connectivity index (χ1n) is 9.33. The lowest BCUT2D eigenvalue weighted by atomic mass is 10.0. The van der Waals surface area contributed by atoms with Crippen molar-refractivity contribution in [2.45, 2.75) is 40.5 Å². The van der Waals surface area contributed by atoms with Gasteiger partial charge in [-0.1, -0.05) is 26.0 Å². The van der Waals surface area contributed by atoms with E-state index in [9.17, 15) is 9.59 Å². The van der Waals surface area contributed by atoms with Gasteiger partial charge >= 0.3 is 6.09 Å². The number of nitrogens with one attached hydrogen (secondary N) is 2. The molecule has 2 aromatic rings. The molecule has 27 heavy (non-hydrogen) atoms. The van der Waals surface area contributed by atoms with Crippen LogP contribution in [-0.2, 0) is 4.74 Å². The van der Waals surface area contributed by atoms with Gasteiger partial charge in [0.2, 0.25) is 0 Å². The van der Waals surface area contributed by atoms with E-state index >= 15 is 0 Å². The molecule has 2 amide bonds. The molecule has 0 aliphatic rings. The maximum absolute atomic E-state index is 12.5. The van der Waals surface area contributed by atoms with Gasteiger partial charge in [-0.15, -0.1) is 0 Å². The van der Waals surface area contributed by atoms with Gasteiger partial charge in [-0.2, -0.15) is 0 Å². The molecular formula is C21H29N3O3. The van der Waals surface area contributed by atoms with Gasteiger partial charge in [0, 0.05) is 30.2 Å². The van der Waals surface area contributed by atoms with Gasteiger partial charge in [-0.05, 0) is 50.5 Å². The number of nitrogens with zero attached hydrogens (tertiary/aromatic N) is 1. The molecule has 1 aromatic heterocycles. The predicted molar refractivity (Wildman–Crippen MR) is 107 cm³/mol. The van der Waals surface area contributed by atoms with Crippen LogP contribution in [0.25, 0.3) is 5.69 Å². The molecule has 2 rings (SSSR count). The molecule has 0 aliphatic heterocycles. The standard InChI is InChI=1S/C21H29N3O3/c1-6-27-21(26)23-12-11-22-20(25)19-13-15(4)24(16(19)5)18-9-7-17(8-10-18)14(2)3/h7-10,13-14H,6,11-12H2,1-5H3,(H,22,25)(H,23,26). The molecule has 0 spiro atoms. The van der Waals surface area contributed by atoms with Crippen molar-refractivity contribution in [3.8, 4) is 5.69 Å². The summed E-state index contributed by atoms with van der Waals surface area (Å²) in [5, 5.41) is 5.41. The topological polar surface area (TPSA) is 72.4 Å². The molecule has 0 bridgehead atoms. The summed E-state index contributed by atoms with van der Waals surface area (Å²) in [6, 6.07) is 10.3. The summed E-state index contributed by atoms with van der Waals surface area (Å²) in [6.45, 7) is 11.0. The minimum atomic E-state index is -0.477. The molecule has 1 heterocycles. The van der Waals surface area contributed by atoms with Crippen LogP contribution in [0.3, 0.4) is 0 Å². The van der Waals surface area contributed by atoms with Crippen molar-refractivity contribution < 1.29 is 14.3 Å². The van der Waals surface area contributed by atoms with Crippen molar-refractivity contribution >= 4 is 12.0 Å². The van der Waals surface area contributed by atoms with Gasteiger partial charge in [0.15, 0.2) is 0 Å². The molecule has 0 fully saturated rings. The van der Waals surface area contributed by atoms with E-state index in [4.69, 9.17) is 4.74 Å². The summed E-state index contributed by atoms with van der Waals surface area (Å²) in [7, 11) is 0. The maximum atomic E-state index is 12.5. The van der Waals surface area contributed by atoms with Crippen LogP contribution in [-0.4, -0.2) is 36.3 Å². The fourth-order valence-corrected chi connectivity index (χ4v) is 3.02. The zero-order valence-corrected chi connectivity index (χ0v) is 16.8. The van der Waals surface area contributed by atoms with Crippen LogP contribution in [0.2, 0.25) is 0 Å². The number of ether oxygens (including phenoxy) is 1. The summed E-state index contributed by atoms with van der Waals surface area (Å²) >= 11 is 0. The quantitative estimate of drug-likeness (QED) is 0.729. The molecule has 0 atom stereocenters. The highest BCUT2D eigenvalue weighted by Crippen LogP contribution is 2.23. The Morgan fingerprint density at radius 2 is 1.70 bits per heavy atom. The zero-order valence-electron chi connectivity index (χ0n) is 16.8. The molecule has 0 radical (unpaired) electrons. The summed E-state index contributed by atoms with van der Waals surface area (Å²) < 4.78 is 6.86. The Morgan fingerprint density at radius 1 is 1.07 bits per heavy atom. The van der Waals surface area contributed by atoms with Crippen molar-refractivity contribution in [2.75, 3.05) is 19.7 Å². The first kappa shape index (κ1) is 20.6. The average molecular weight is 371 g/mol. The number of alkyl carbamates (subject to hydrolysis) is 1. The number of aryl methyl sites for hydroxylation is 1. The Morgan fingerprint density at radius 3 is 2.30 bits per heavy atom. The van der Waals surface area contributed by atoms with Gasteiger partial charge in [0.05, 0.1) is 12.2 Å². The first-order chi connectivity index (χ1) is 12.8. The molecule has 6 heteroatoms. The zero-order chi connectivity index (χ0) is 20.0. The number of benzene rings is 1. The Balaban J connectivity index is 2.06. The maximum Gasteiger partial charge on any atom is 0.407 e. The molecule has 2 N–H and O–H groups in total. The van der Waals surface area contributed by atoms with E-state index in [0.717, 1.165) is 17.1 Å². The monoisotopic (exact) mass is 371 g/mol. The summed E-state index contributed by atoms with van der Waals surface area (Å²) in [6.07, 6.45) is -0.477. The molecule has 146 valence electrons. The highest BCUT2D eigenvalue weighted by Gasteiger charge is 2.16. The van der Waals surface area contributed by atoms with Crippen LogP contribution in [0, 0.1) is 13.8 Å². The summed E-state index contributed by atoms with van der Waals surface area (Å²) in [5.41, 5.74) is 4.85. The van der Waals surface area contributed by atoms with Crippen LogP contribution in [0.5, 0.6) is 0 Å². The van der Waals surface area contributed by atoms with Crippen molar-refractivity contribution in [1.29, 1.82) is 0 Å². The van der Waals surface area contributed by atoms with Gasteiger partial charge in [-0.3, -0.25) is 4.79 Å². The van der Waals surface area contributed by atoms with Crippen molar-refractivity contribution in [3.63, 3.8) is 0 Å². The Kier molecular flexibility index (Phi) is 7.05. The molecular weight excluding hydrogens is 342 g/mol. The predicted octanol–water partition coefficient (Wildman–Crippen LogP) is 3.69. The molecule has 0 saturated heterocycles. The van der Waals surface area contributed by atoms with Crippen molar-refractivity contribution in [2.24, 2.45) is 0 Å². The van der Waals surface area contributed by atoms with Gasteiger partial charge in [0.1, 0.15) is 0 Å². The fourth-order valence-electron chi connectivity index (χ4n) is 3.02. The fraction of sp³-hybridized carbons (Fsp3) is 0.429. The number of hydrogen-bond donors (Lipinski definition) is 2. The number of hydrogen-bond acceptors (Lipinski definition) is 3. The second-order valence-corrected chi connectivity index (χ2v) is 6.77. The highest BCUT2D eigenvalue weighted by atomic mass is 16.5. The van der Waals surface area contributed by atoms with Crippen molar-refractivity contribution in [3.05, 3.63) is 52.8 Å². The second-order valence-electron chi connectivity index (χ2n) is 6.77. The molecule has 1 aromatic carbocycles. The van der Waals surface area contributed by atoms with E-state index in [1.807, 2.05) is 19.9 Å². The third-order valence-corrected chi connectivity index (χ3v) is 4.45. The van der Waals surface area contributed by atoms with E-state index in [1.54, 1.807) is 6.92 Å². The van der Waals surface area contributed by atoms with Crippen LogP contribution >= 0.6 is 0 Å².